The molecule has 0 aliphatic carbocycles. The topological polar surface area (TPSA) is 16.4 Å². The SMILES string of the molecule is c1ccc(N(c2ccc(-c3cccc4c3oc3ccccc34)cc2)c2ccccc2-c2ccc3c(c2)sc2ccccc23)c(-c2ccc3ccccc3c2)c1. The average molecular weight is 720 g/mol. The minimum Gasteiger partial charge on any atom is -0.455 e. The number of thiophene rings is 1. The number of hydrogen-bond acceptors (Lipinski definition) is 3. The van der Waals surface area contributed by atoms with Gasteiger partial charge in [-0.3, -0.25) is 0 Å². The van der Waals surface area contributed by atoms with Crippen LogP contribution in [0, 0.1) is 0 Å². The van der Waals surface area contributed by atoms with Gasteiger partial charge >= 0.3 is 0 Å². The Bertz CT molecular complexity index is 3220. The lowest BCUT2D eigenvalue weighted by Gasteiger charge is -2.30. The Balaban J connectivity index is 1.10. The van der Waals surface area contributed by atoms with E-state index in [9.17, 15) is 0 Å². The van der Waals surface area contributed by atoms with Gasteiger partial charge in [0.1, 0.15) is 11.2 Å². The Morgan fingerprint density at radius 1 is 0.364 bits per heavy atom. The van der Waals surface area contributed by atoms with Crippen molar-refractivity contribution < 1.29 is 4.42 Å². The molecule has 2 heterocycles. The third-order valence-electron chi connectivity index (χ3n) is 10.9. The monoisotopic (exact) mass is 719 g/mol. The maximum absolute atomic E-state index is 6.45. The first-order chi connectivity index (χ1) is 27.3. The van der Waals surface area contributed by atoms with Gasteiger partial charge in [0.15, 0.2) is 0 Å². The fourth-order valence-electron chi connectivity index (χ4n) is 8.25. The summed E-state index contributed by atoms with van der Waals surface area (Å²) in [6.45, 7) is 0. The van der Waals surface area contributed by atoms with Crippen LogP contribution in [0.3, 0.4) is 0 Å². The number of hydrogen-bond donors (Lipinski definition) is 0. The van der Waals surface area contributed by atoms with Gasteiger partial charge in [0, 0.05) is 53.3 Å². The molecule has 0 saturated heterocycles. The highest BCUT2D eigenvalue weighted by molar-refractivity contribution is 7.25. The molecule has 11 rings (SSSR count). The van der Waals surface area contributed by atoms with Gasteiger partial charge in [0.25, 0.3) is 0 Å². The fourth-order valence-corrected chi connectivity index (χ4v) is 9.39. The normalized spacial score (nSPS) is 11.6. The Labute approximate surface area is 322 Å². The average Bonchev–Trinajstić information content (AvgIpc) is 3.82. The first kappa shape index (κ1) is 31.6. The molecule has 2 nitrogen and oxygen atoms in total. The first-order valence-electron chi connectivity index (χ1n) is 18.7. The van der Waals surface area contributed by atoms with Crippen molar-refractivity contribution in [3.63, 3.8) is 0 Å². The first-order valence-corrected chi connectivity index (χ1v) is 19.5. The van der Waals surface area contributed by atoms with Crippen molar-refractivity contribution in [2.45, 2.75) is 0 Å². The molecule has 0 fully saturated rings. The Kier molecular flexibility index (Phi) is 7.39. The summed E-state index contributed by atoms with van der Waals surface area (Å²) in [7, 11) is 0. The third-order valence-corrected chi connectivity index (χ3v) is 12.0. The predicted molar refractivity (Wildman–Crippen MR) is 235 cm³/mol. The van der Waals surface area contributed by atoms with Crippen molar-refractivity contribution in [3.05, 3.63) is 200 Å². The molecule has 55 heavy (non-hydrogen) atoms. The molecule has 0 saturated carbocycles. The quantitative estimate of drug-likeness (QED) is 0.170. The van der Waals surface area contributed by atoms with E-state index in [1.807, 2.05) is 23.5 Å². The summed E-state index contributed by atoms with van der Waals surface area (Å²) in [5, 5.41) is 7.34. The highest BCUT2D eigenvalue weighted by atomic mass is 32.1. The standard InChI is InChI=1S/C52H33NOS/c1-2-13-36-32-37(25-24-34(36)12-1)40-14-3-7-20-47(40)53(39-29-26-35(27-30-39)42-18-11-19-46-43-16-5-9-22-49(43)54-52(42)46)48-21-8-4-15-41(48)38-28-31-45-44-17-6-10-23-50(44)55-51(45)33-38/h1-33H. The molecule has 0 amide bonds. The minimum absolute atomic E-state index is 0.906. The summed E-state index contributed by atoms with van der Waals surface area (Å²) in [5.74, 6) is 0. The van der Waals surface area contributed by atoms with E-state index in [1.165, 1.54) is 53.2 Å². The smallest absolute Gasteiger partial charge is 0.143 e. The molecule has 2 aromatic heterocycles. The molecule has 0 aliphatic rings. The molecule has 0 bridgehead atoms. The molecule has 3 heteroatoms. The molecular weight excluding hydrogens is 687 g/mol. The van der Waals surface area contributed by atoms with Crippen molar-refractivity contribution in [2.75, 3.05) is 4.90 Å². The zero-order chi connectivity index (χ0) is 36.3. The zero-order valence-corrected chi connectivity index (χ0v) is 30.6. The van der Waals surface area contributed by atoms with Crippen LogP contribution in [0.5, 0.6) is 0 Å². The summed E-state index contributed by atoms with van der Waals surface area (Å²) in [6.07, 6.45) is 0. The summed E-state index contributed by atoms with van der Waals surface area (Å²) >= 11 is 1.86. The minimum atomic E-state index is 0.906. The molecule has 9 aromatic carbocycles. The number of anilines is 3. The van der Waals surface area contributed by atoms with E-state index in [1.54, 1.807) is 0 Å². The molecule has 0 N–H and O–H groups in total. The highest BCUT2D eigenvalue weighted by Gasteiger charge is 2.21. The number of para-hydroxylation sites is 4. The lowest BCUT2D eigenvalue weighted by molar-refractivity contribution is 0.670. The molecule has 0 radical (unpaired) electrons. The molecule has 258 valence electrons. The van der Waals surface area contributed by atoms with Crippen molar-refractivity contribution in [1.29, 1.82) is 0 Å². The van der Waals surface area contributed by atoms with E-state index in [0.717, 1.165) is 50.1 Å². The van der Waals surface area contributed by atoms with Gasteiger partial charge in [-0.05, 0) is 76.0 Å². The second kappa shape index (κ2) is 12.9. The van der Waals surface area contributed by atoms with E-state index in [2.05, 4.69) is 193 Å². The van der Waals surface area contributed by atoms with E-state index >= 15 is 0 Å². The predicted octanol–water partition coefficient (Wildman–Crippen LogP) is 15.6. The van der Waals surface area contributed by atoms with Crippen molar-refractivity contribution in [3.8, 4) is 33.4 Å². The van der Waals surface area contributed by atoms with Gasteiger partial charge in [0.05, 0.1) is 11.4 Å². The van der Waals surface area contributed by atoms with Crippen LogP contribution in [0.1, 0.15) is 0 Å². The summed E-state index contributed by atoms with van der Waals surface area (Å²) in [5.41, 5.74) is 12.0. The van der Waals surface area contributed by atoms with E-state index < -0.39 is 0 Å². The number of furan rings is 1. The molecule has 0 aliphatic heterocycles. The zero-order valence-electron chi connectivity index (χ0n) is 29.8. The summed E-state index contributed by atoms with van der Waals surface area (Å²) in [6, 6.07) is 72.3. The second-order valence-electron chi connectivity index (χ2n) is 14.1. The van der Waals surface area contributed by atoms with Crippen LogP contribution < -0.4 is 4.90 Å². The van der Waals surface area contributed by atoms with Gasteiger partial charge in [-0.2, -0.15) is 0 Å². The van der Waals surface area contributed by atoms with Crippen molar-refractivity contribution >= 4 is 81.3 Å². The van der Waals surface area contributed by atoms with E-state index in [4.69, 9.17) is 4.42 Å². The molecule has 0 atom stereocenters. The largest absolute Gasteiger partial charge is 0.455 e. The Morgan fingerprint density at radius 3 is 1.76 bits per heavy atom. The second-order valence-corrected chi connectivity index (χ2v) is 15.2. The van der Waals surface area contributed by atoms with Crippen LogP contribution >= 0.6 is 11.3 Å². The van der Waals surface area contributed by atoms with Gasteiger partial charge in [-0.15, -0.1) is 11.3 Å². The number of fused-ring (bicyclic) bond motifs is 7. The lowest BCUT2D eigenvalue weighted by Crippen LogP contribution is -2.12. The Hall–Kier alpha value is -6.94. The highest BCUT2D eigenvalue weighted by Crippen LogP contribution is 2.47. The maximum atomic E-state index is 6.45. The van der Waals surface area contributed by atoms with Crippen LogP contribution in [0.2, 0.25) is 0 Å². The maximum Gasteiger partial charge on any atom is 0.143 e. The lowest BCUT2D eigenvalue weighted by atomic mass is 9.96. The van der Waals surface area contributed by atoms with Crippen LogP contribution in [0.15, 0.2) is 205 Å². The van der Waals surface area contributed by atoms with Gasteiger partial charge in [-0.25, -0.2) is 0 Å². The number of benzene rings is 9. The number of rotatable bonds is 6. The summed E-state index contributed by atoms with van der Waals surface area (Å²) in [4.78, 5) is 2.43. The van der Waals surface area contributed by atoms with Crippen LogP contribution in [-0.2, 0) is 0 Å². The molecule has 0 spiro atoms. The van der Waals surface area contributed by atoms with E-state index in [0.29, 0.717) is 0 Å². The van der Waals surface area contributed by atoms with Gasteiger partial charge < -0.3 is 9.32 Å². The fraction of sp³-hybridized carbons (Fsp3) is 0. The van der Waals surface area contributed by atoms with Crippen LogP contribution in [0.4, 0.5) is 17.1 Å². The third kappa shape index (κ3) is 5.32. The van der Waals surface area contributed by atoms with Crippen LogP contribution in [0.25, 0.3) is 86.3 Å². The van der Waals surface area contributed by atoms with Crippen LogP contribution in [-0.4, -0.2) is 0 Å². The number of nitrogens with zero attached hydrogens (tertiary/aromatic N) is 1. The Morgan fingerprint density at radius 2 is 0.945 bits per heavy atom. The van der Waals surface area contributed by atoms with Crippen molar-refractivity contribution in [1.82, 2.24) is 0 Å². The summed E-state index contributed by atoms with van der Waals surface area (Å²) < 4.78 is 9.06. The molecular formula is C52H33NOS. The van der Waals surface area contributed by atoms with Gasteiger partial charge in [0.2, 0.25) is 0 Å². The molecule has 11 aromatic rings. The van der Waals surface area contributed by atoms with Gasteiger partial charge in [-0.1, -0.05) is 152 Å². The van der Waals surface area contributed by atoms with E-state index in [-0.39, 0.29) is 0 Å². The molecule has 0 unspecified atom stereocenters. The van der Waals surface area contributed by atoms with Crippen molar-refractivity contribution in [2.24, 2.45) is 0 Å².